The van der Waals surface area contributed by atoms with E-state index in [1.165, 1.54) is 11.8 Å². The van der Waals surface area contributed by atoms with Crippen LogP contribution < -0.4 is 5.32 Å². The monoisotopic (exact) mass is 350 g/mol. The number of halogens is 1. The minimum Gasteiger partial charge on any atom is -0.325 e. The van der Waals surface area contributed by atoms with E-state index >= 15 is 0 Å². The zero-order valence-corrected chi connectivity index (χ0v) is 13.7. The van der Waals surface area contributed by atoms with Crippen LogP contribution in [0.15, 0.2) is 46.0 Å². The summed E-state index contributed by atoms with van der Waals surface area (Å²) < 4.78 is 0.932. The lowest BCUT2D eigenvalue weighted by Gasteiger charge is -2.09. The largest absolute Gasteiger partial charge is 0.325 e. The van der Waals surface area contributed by atoms with E-state index in [0.717, 1.165) is 26.3 Å². The Morgan fingerprint density at radius 3 is 2.80 bits per heavy atom. The highest BCUT2D eigenvalue weighted by atomic mass is 79.9. The van der Waals surface area contributed by atoms with Crippen LogP contribution in [-0.2, 0) is 4.79 Å². The molecule has 1 N–H and O–H groups in total. The normalized spacial score (nSPS) is 10.3. The predicted octanol–water partition coefficient (Wildman–Crippen LogP) is 4.19. The second-order valence-corrected chi connectivity index (χ2v) is 6.38. The number of thioether (sulfide) groups is 1. The summed E-state index contributed by atoms with van der Waals surface area (Å²) in [7, 11) is 0. The van der Waals surface area contributed by atoms with Gasteiger partial charge in [-0.05, 0) is 59.1 Å². The number of anilines is 1. The summed E-state index contributed by atoms with van der Waals surface area (Å²) in [5, 5.41) is 3.77. The van der Waals surface area contributed by atoms with Gasteiger partial charge in [0, 0.05) is 16.4 Å². The van der Waals surface area contributed by atoms with Crippen LogP contribution in [0.3, 0.4) is 0 Å². The van der Waals surface area contributed by atoms with Gasteiger partial charge >= 0.3 is 0 Å². The molecule has 0 saturated carbocycles. The molecule has 1 aromatic heterocycles. The van der Waals surface area contributed by atoms with E-state index in [2.05, 4.69) is 26.2 Å². The number of hydrogen-bond acceptors (Lipinski definition) is 3. The number of nitrogens with zero attached hydrogens (tertiary/aromatic N) is 1. The van der Waals surface area contributed by atoms with Crippen molar-refractivity contribution in [3.8, 4) is 0 Å². The molecule has 5 heteroatoms. The number of nitrogens with one attached hydrogen (secondary N) is 1. The molecule has 104 valence electrons. The van der Waals surface area contributed by atoms with E-state index in [9.17, 15) is 4.79 Å². The Bertz CT molecular complexity index is 614. The smallest absolute Gasteiger partial charge is 0.234 e. The van der Waals surface area contributed by atoms with Gasteiger partial charge in [0.2, 0.25) is 5.91 Å². The van der Waals surface area contributed by atoms with Crippen molar-refractivity contribution in [2.45, 2.75) is 18.9 Å². The molecular formula is C15H15BrN2OS. The average Bonchev–Trinajstić information content (AvgIpc) is 2.42. The summed E-state index contributed by atoms with van der Waals surface area (Å²) in [5.74, 6) is 0.329. The first-order chi connectivity index (χ1) is 9.54. The van der Waals surface area contributed by atoms with Crippen molar-refractivity contribution in [2.75, 3.05) is 11.1 Å². The van der Waals surface area contributed by atoms with Gasteiger partial charge in [0.15, 0.2) is 0 Å². The van der Waals surface area contributed by atoms with Crippen molar-refractivity contribution in [1.82, 2.24) is 4.98 Å². The number of pyridine rings is 1. The van der Waals surface area contributed by atoms with Crippen molar-refractivity contribution in [3.63, 3.8) is 0 Å². The Morgan fingerprint density at radius 1 is 1.30 bits per heavy atom. The van der Waals surface area contributed by atoms with Crippen molar-refractivity contribution in [1.29, 1.82) is 0 Å². The molecule has 0 fully saturated rings. The molecule has 20 heavy (non-hydrogen) atoms. The van der Waals surface area contributed by atoms with Crippen LogP contribution in [0.2, 0.25) is 0 Å². The maximum atomic E-state index is 11.9. The molecule has 0 aliphatic carbocycles. The number of amides is 1. The number of rotatable bonds is 4. The van der Waals surface area contributed by atoms with Crippen LogP contribution in [0.4, 0.5) is 5.69 Å². The Balaban J connectivity index is 1.92. The molecule has 1 heterocycles. The topological polar surface area (TPSA) is 42.0 Å². The maximum absolute atomic E-state index is 11.9. The van der Waals surface area contributed by atoms with Gasteiger partial charge in [-0.3, -0.25) is 4.79 Å². The molecule has 0 saturated heterocycles. The first kappa shape index (κ1) is 15.1. The maximum Gasteiger partial charge on any atom is 0.234 e. The number of benzene rings is 1. The number of hydrogen-bond donors (Lipinski definition) is 1. The van der Waals surface area contributed by atoms with Gasteiger partial charge in [-0.25, -0.2) is 4.98 Å². The van der Waals surface area contributed by atoms with Gasteiger partial charge < -0.3 is 5.32 Å². The highest BCUT2D eigenvalue weighted by Gasteiger charge is 2.06. The fourth-order valence-corrected chi connectivity index (χ4v) is 2.52. The quantitative estimate of drug-likeness (QED) is 0.840. The SMILES string of the molecule is Cc1ccc(C)c(NC(=O)CSc2ccc(Br)cn2)c1. The average molecular weight is 351 g/mol. The second kappa shape index (κ2) is 6.90. The van der Waals surface area contributed by atoms with Crippen molar-refractivity contribution in [3.05, 3.63) is 52.1 Å². The predicted molar refractivity (Wildman–Crippen MR) is 87.2 cm³/mol. The van der Waals surface area contributed by atoms with E-state index in [-0.39, 0.29) is 5.91 Å². The number of carbonyl (C=O) groups is 1. The molecule has 1 aromatic carbocycles. The molecule has 0 atom stereocenters. The van der Waals surface area contributed by atoms with E-state index in [0.29, 0.717) is 5.75 Å². The number of carbonyl (C=O) groups excluding carboxylic acids is 1. The van der Waals surface area contributed by atoms with Gasteiger partial charge in [-0.1, -0.05) is 23.9 Å². The van der Waals surface area contributed by atoms with Crippen LogP contribution in [0, 0.1) is 13.8 Å². The van der Waals surface area contributed by atoms with Crippen LogP contribution in [0.25, 0.3) is 0 Å². The van der Waals surface area contributed by atoms with E-state index in [1.807, 2.05) is 44.2 Å². The summed E-state index contributed by atoms with van der Waals surface area (Å²) in [5.41, 5.74) is 3.07. The fourth-order valence-electron chi connectivity index (χ4n) is 1.64. The molecule has 2 rings (SSSR count). The molecule has 2 aromatic rings. The van der Waals surface area contributed by atoms with Gasteiger partial charge in [0.1, 0.15) is 0 Å². The van der Waals surface area contributed by atoms with E-state index < -0.39 is 0 Å². The minimum absolute atomic E-state index is 0.0200. The summed E-state index contributed by atoms with van der Waals surface area (Å²) in [6, 6.07) is 9.83. The van der Waals surface area contributed by atoms with Gasteiger partial charge in [0.05, 0.1) is 10.8 Å². The Kier molecular flexibility index (Phi) is 5.20. The summed E-state index contributed by atoms with van der Waals surface area (Å²) >= 11 is 4.76. The third-order valence-electron chi connectivity index (χ3n) is 2.72. The molecule has 0 bridgehead atoms. The molecule has 0 spiro atoms. The highest BCUT2D eigenvalue weighted by molar-refractivity contribution is 9.10. The van der Waals surface area contributed by atoms with Crippen LogP contribution in [0.5, 0.6) is 0 Å². The third-order valence-corrected chi connectivity index (χ3v) is 4.13. The summed E-state index contributed by atoms with van der Waals surface area (Å²) in [6.45, 7) is 3.99. The zero-order chi connectivity index (χ0) is 14.5. The first-order valence-corrected chi connectivity index (χ1v) is 7.94. The molecule has 3 nitrogen and oxygen atoms in total. The summed E-state index contributed by atoms with van der Waals surface area (Å²) in [6.07, 6.45) is 1.73. The second-order valence-electron chi connectivity index (χ2n) is 4.47. The van der Waals surface area contributed by atoms with Gasteiger partial charge in [-0.15, -0.1) is 0 Å². The Labute approximate surface area is 131 Å². The van der Waals surface area contributed by atoms with Crippen LogP contribution in [0.1, 0.15) is 11.1 Å². The lowest BCUT2D eigenvalue weighted by atomic mass is 10.1. The molecule has 0 radical (unpaired) electrons. The van der Waals surface area contributed by atoms with Crippen LogP contribution >= 0.6 is 27.7 Å². The standard InChI is InChI=1S/C15H15BrN2OS/c1-10-3-4-11(2)13(7-10)18-14(19)9-20-15-6-5-12(16)8-17-15/h3-8H,9H2,1-2H3,(H,18,19). The van der Waals surface area contributed by atoms with Crippen molar-refractivity contribution >= 4 is 39.3 Å². The van der Waals surface area contributed by atoms with Crippen molar-refractivity contribution in [2.24, 2.45) is 0 Å². The molecule has 0 aliphatic rings. The zero-order valence-electron chi connectivity index (χ0n) is 11.3. The van der Waals surface area contributed by atoms with Crippen molar-refractivity contribution < 1.29 is 4.79 Å². The Hall–Kier alpha value is -1.33. The first-order valence-electron chi connectivity index (χ1n) is 6.16. The van der Waals surface area contributed by atoms with Gasteiger partial charge in [0.25, 0.3) is 0 Å². The van der Waals surface area contributed by atoms with Gasteiger partial charge in [-0.2, -0.15) is 0 Å². The lowest BCUT2D eigenvalue weighted by Crippen LogP contribution is -2.15. The molecular weight excluding hydrogens is 336 g/mol. The fraction of sp³-hybridized carbons (Fsp3) is 0.200. The third kappa shape index (κ3) is 4.35. The lowest BCUT2D eigenvalue weighted by molar-refractivity contribution is -0.113. The summed E-state index contributed by atoms with van der Waals surface area (Å²) in [4.78, 5) is 16.2. The molecule has 0 aliphatic heterocycles. The highest BCUT2D eigenvalue weighted by Crippen LogP contribution is 2.19. The number of aryl methyl sites for hydroxylation is 2. The van der Waals surface area contributed by atoms with E-state index in [4.69, 9.17) is 0 Å². The Morgan fingerprint density at radius 2 is 2.10 bits per heavy atom. The number of aromatic nitrogens is 1. The molecule has 0 unspecified atom stereocenters. The molecule has 1 amide bonds. The van der Waals surface area contributed by atoms with E-state index in [1.54, 1.807) is 6.20 Å². The van der Waals surface area contributed by atoms with Crippen LogP contribution in [-0.4, -0.2) is 16.6 Å². The minimum atomic E-state index is -0.0200.